The van der Waals surface area contributed by atoms with Crippen LogP contribution in [0.3, 0.4) is 0 Å². The van der Waals surface area contributed by atoms with E-state index in [0.717, 1.165) is 37.3 Å². The van der Waals surface area contributed by atoms with Crippen LogP contribution in [0.1, 0.15) is 48.0 Å². The van der Waals surface area contributed by atoms with Crippen molar-refractivity contribution in [3.63, 3.8) is 0 Å². The lowest BCUT2D eigenvalue weighted by Crippen LogP contribution is -2.40. The molecule has 1 aromatic rings. The van der Waals surface area contributed by atoms with E-state index in [2.05, 4.69) is 9.88 Å². The van der Waals surface area contributed by atoms with Crippen LogP contribution in [0, 0.1) is 0 Å². The van der Waals surface area contributed by atoms with Crippen molar-refractivity contribution in [3.8, 4) is 0 Å². The highest BCUT2D eigenvalue weighted by atomic mass is 32.2. The average molecular weight is 327 g/mol. The summed E-state index contributed by atoms with van der Waals surface area (Å²) in [6.45, 7) is 3.12. The zero-order valence-electron chi connectivity index (χ0n) is 12.7. The van der Waals surface area contributed by atoms with E-state index in [1.165, 1.54) is 0 Å². The lowest BCUT2D eigenvalue weighted by atomic mass is 9.92. The Morgan fingerprint density at radius 1 is 1.41 bits per heavy atom. The van der Waals surface area contributed by atoms with E-state index in [-0.39, 0.29) is 17.7 Å². The van der Waals surface area contributed by atoms with Crippen molar-refractivity contribution in [1.82, 2.24) is 14.8 Å². The number of aryl methyl sites for hydroxylation is 1. The van der Waals surface area contributed by atoms with Crippen molar-refractivity contribution in [2.75, 3.05) is 18.8 Å². The molecule has 0 saturated carbocycles. The first-order valence-electron chi connectivity index (χ1n) is 7.77. The van der Waals surface area contributed by atoms with Crippen molar-refractivity contribution in [1.29, 1.82) is 0 Å². The van der Waals surface area contributed by atoms with Gasteiger partial charge in [0.15, 0.2) is 5.69 Å². The Labute approximate surface area is 130 Å². The number of carbonyl (C=O) groups excluding carboxylic acids is 1. The second-order valence-corrected chi connectivity index (χ2v) is 7.94. The fourth-order valence-electron chi connectivity index (χ4n) is 3.08. The molecule has 0 spiro atoms. The number of rotatable bonds is 4. The SMILES string of the molecule is CCS(=O)(=O)NC1CCc2onc(C(=O)N3CCCC3)c2C1. The third-order valence-corrected chi connectivity index (χ3v) is 5.81. The zero-order chi connectivity index (χ0) is 15.7. The van der Waals surface area contributed by atoms with Crippen molar-refractivity contribution in [2.24, 2.45) is 0 Å². The van der Waals surface area contributed by atoms with Crippen LogP contribution in [0.15, 0.2) is 4.52 Å². The fraction of sp³-hybridized carbons (Fsp3) is 0.714. The van der Waals surface area contributed by atoms with Crippen LogP contribution in [-0.2, 0) is 22.9 Å². The van der Waals surface area contributed by atoms with E-state index in [1.807, 2.05) is 0 Å². The standard InChI is InChI=1S/C14H21N3O4S/c1-2-22(19,20)16-10-5-6-12-11(9-10)13(15-21-12)14(18)17-7-3-4-8-17/h10,16H,2-9H2,1H3. The number of fused-ring (bicyclic) bond motifs is 1. The first kappa shape index (κ1) is 15.5. The number of aromatic nitrogens is 1. The summed E-state index contributed by atoms with van der Waals surface area (Å²) in [5.74, 6) is 0.676. The van der Waals surface area contributed by atoms with E-state index < -0.39 is 10.0 Å². The van der Waals surface area contributed by atoms with Gasteiger partial charge in [0.25, 0.3) is 5.91 Å². The van der Waals surface area contributed by atoms with Gasteiger partial charge in [0.05, 0.1) is 5.75 Å². The van der Waals surface area contributed by atoms with Gasteiger partial charge < -0.3 is 9.42 Å². The predicted molar refractivity (Wildman–Crippen MR) is 80.1 cm³/mol. The Morgan fingerprint density at radius 2 is 2.14 bits per heavy atom. The summed E-state index contributed by atoms with van der Waals surface area (Å²) in [5.41, 5.74) is 1.13. The van der Waals surface area contributed by atoms with Crippen LogP contribution in [0.5, 0.6) is 0 Å². The number of hydrogen-bond acceptors (Lipinski definition) is 5. The van der Waals surface area contributed by atoms with Gasteiger partial charge in [-0.05, 0) is 32.6 Å². The van der Waals surface area contributed by atoms with Crippen molar-refractivity contribution >= 4 is 15.9 Å². The Balaban J connectivity index is 1.78. The third-order valence-electron chi connectivity index (χ3n) is 4.36. The number of nitrogens with one attached hydrogen (secondary N) is 1. The fourth-order valence-corrected chi connectivity index (χ4v) is 3.96. The molecule has 3 rings (SSSR count). The van der Waals surface area contributed by atoms with Crippen LogP contribution < -0.4 is 4.72 Å². The minimum absolute atomic E-state index is 0.0551. The normalized spacial score (nSPS) is 21.9. The van der Waals surface area contributed by atoms with Gasteiger partial charge in [-0.3, -0.25) is 4.79 Å². The molecule has 1 N–H and O–H groups in total. The molecule has 1 unspecified atom stereocenters. The summed E-state index contributed by atoms with van der Waals surface area (Å²) >= 11 is 0. The molecule has 2 aliphatic rings. The molecule has 1 aliphatic heterocycles. The van der Waals surface area contributed by atoms with E-state index in [0.29, 0.717) is 25.0 Å². The quantitative estimate of drug-likeness (QED) is 0.879. The minimum Gasteiger partial charge on any atom is -0.360 e. The topological polar surface area (TPSA) is 92.5 Å². The first-order valence-corrected chi connectivity index (χ1v) is 9.42. The Kier molecular flexibility index (Phi) is 4.22. The van der Waals surface area contributed by atoms with Crippen LogP contribution >= 0.6 is 0 Å². The highest BCUT2D eigenvalue weighted by Gasteiger charge is 2.32. The van der Waals surface area contributed by atoms with Gasteiger partial charge in [-0.2, -0.15) is 0 Å². The maximum atomic E-state index is 12.5. The summed E-state index contributed by atoms with van der Waals surface area (Å²) in [7, 11) is -3.25. The van der Waals surface area contributed by atoms with E-state index >= 15 is 0 Å². The highest BCUT2D eigenvalue weighted by Crippen LogP contribution is 2.26. The molecule has 1 aromatic heterocycles. The summed E-state index contributed by atoms with van der Waals surface area (Å²) < 4.78 is 31.4. The predicted octanol–water partition coefficient (Wildman–Crippen LogP) is 0.707. The molecular weight excluding hydrogens is 306 g/mol. The molecule has 1 fully saturated rings. The molecule has 7 nitrogen and oxygen atoms in total. The Morgan fingerprint density at radius 3 is 2.82 bits per heavy atom. The number of likely N-dealkylation sites (tertiary alicyclic amines) is 1. The monoisotopic (exact) mass is 327 g/mol. The van der Waals surface area contributed by atoms with Gasteiger partial charge >= 0.3 is 0 Å². The number of carbonyl (C=O) groups is 1. The van der Waals surface area contributed by atoms with Crippen molar-refractivity contribution in [2.45, 2.75) is 45.1 Å². The van der Waals surface area contributed by atoms with E-state index in [4.69, 9.17) is 4.52 Å². The lowest BCUT2D eigenvalue weighted by molar-refractivity contribution is 0.0781. The second kappa shape index (κ2) is 6.00. The van der Waals surface area contributed by atoms with Gasteiger partial charge in [0.2, 0.25) is 10.0 Å². The van der Waals surface area contributed by atoms with Crippen LogP contribution in [0.2, 0.25) is 0 Å². The molecule has 1 amide bonds. The van der Waals surface area contributed by atoms with Crippen molar-refractivity contribution < 1.29 is 17.7 Å². The molecule has 1 saturated heterocycles. The smallest absolute Gasteiger partial charge is 0.276 e. The Bertz CT molecular complexity index is 662. The molecule has 2 heterocycles. The van der Waals surface area contributed by atoms with Gasteiger partial charge in [0, 0.05) is 31.1 Å². The number of sulfonamides is 1. The molecule has 22 heavy (non-hydrogen) atoms. The van der Waals surface area contributed by atoms with E-state index in [9.17, 15) is 13.2 Å². The van der Waals surface area contributed by atoms with E-state index in [1.54, 1.807) is 11.8 Å². The molecular formula is C14H21N3O4S. The van der Waals surface area contributed by atoms with Gasteiger partial charge in [0.1, 0.15) is 5.76 Å². The molecule has 0 aromatic carbocycles. The summed E-state index contributed by atoms with van der Waals surface area (Å²) in [5, 5.41) is 3.95. The largest absolute Gasteiger partial charge is 0.360 e. The van der Waals surface area contributed by atoms with Crippen LogP contribution in [0.25, 0.3) is 0 Å². The van der Waals surface area contributed by atoms with Gasteiger partial charge in [-0.1, -0.05) is 5.16 Å². The Hall–Kier alpha value is -1.41. The maximum absolute atomic E-state index is 12.5. The first-order chi connectivity index (χ1) is 10.5. The number of hydrogen-bond donors (Lipinski definition) is 1. The highest BCUT2D eigenvalue weighted by molar-refractivity contribution is 7.89. The zero-order valence-corrected chi connectivity index (χ0v) is 13.5. The minimum atomic E-state index is -3.25. The molecule has 8 heteroatoms. The van der Waals surface area contributed by atoms with Crippen LogP contribution in [0.4, 0.5) is 0 Å². The van der Waals surface area contributed by atoms with Gasteiger partial charge in [-0.25, -0.2) is 13.1 Å². The summed E-state index contributed by atoms with van der Waals surface area (Å²) in [6.07, 6.45) is 3.77. The number of nitrogens with zero attached hydrogens (tertiary/aromatic N) is 2. The molecule has 0 radical (unpaired) electrons. The number of amides is 1. The lowest BCUT2D eigenvalue weighted by Gasteiger charge is -2.22. The van der Waals surface area contributed by atoms with Crippen molar-refractivity contribution in [3.05, 3.63) is 17.0 Å². The molecule has 0 bridgehead atoms. The summed E-state index contributed by atoms with van der Waals surface area (Å²) in [6, 6.07) is -0.193. The maximum Gasteiger partial charge on any atom is 0.276 e. The average Bonchev–Trinajstić information content (AvgIpc) is 3.15. The molecule has 1 atom stereocenters. The second-order valence-electron chi connectivity index (χ2n) is 5.89. The molecule has 1 aliphatic carbocycles. The molecule has 122 valence electrons. The van der Waals surface area contributed by atoms with Crippen LogP contribution in [-0.4, -0.2) is 49.3 Å². The third kappa shape index (κ3) is 3.03. The van der Waals surface area contributed by atoms with Gasteiger partial charge in [-0.15, -0.1) is 0 Å². The summed E-state index contributed by atoms with van der Waals surface area (Å²) in [4.78, 5) is 14.3.